The number of likely N-dealkylation sites (tertiary alicyclic amines) is 1. The molecule has 2 rings (SSSR count). The second kappa shape index (κ2) is 5.61. The number of para-hydroxylation sites is 1. The van der Waals surface area contributed by atoms with E-state index in [2.05, 4.69) is 11.0 Å². The van der Waals surface area contributed by atoms with Gasteiger partial charge in [0, 0.05) is 18.2 Å². The van der Waals surface area contributed by atoms with Crippen molar-refractivity contribution in [2.24, 2.45) is 0 Å². The van der Waals surface area contributed by atoms with E-state index in [1.807, 2.05) is 6.07 Å². The Hall–Kier alpha value is -1.93. The number of hydrogen-bond acceptors (Lipinski definition) is 4. The van der Waals surface area contributed by atoms with E-state index in [1.165, 1.54) is 6.07 Å². The van der Waals surface area contributed by atoms with Gasteiger partial charge in [-0.2, -0.15) is 5.26 Å². The minimum atomic E-state index is -0.346. The van der Waals surface area contributed by atoms with Gasteiger partial charge in [0.2, 0.25) is 0 Å². The Morgan fingerprint density at radius 1 is 1.50 bits per heavy atom. The summed E-state index contributed by atoms with van der Waals surface area (Å²) in [6.07, 6.45) is 2.57. The molecule has 0 bridgehead atoms. The van der Waals surface area contributed by atoms with Crippen LogP contribution in [-0.2, 0) is 6.42 Å². The van der Waals surface area contributed by atoms with Crippen LogP contribution in [0.1, 0.15) is 18.4 Å². The van der Waals surface area contributed by atoms with Crippen LogP contribution in [0.2, 0.25) is 0 Å². The lowest BCUT2D eigenvalue weighted by atomic mass is 10.1. The number of hydrogen-bond donors (Lipinski definition) is 0. The molecule has 5 nitrogen and oxygen atoms in total. The van der Waals surface area contributed by atoms with Crippen molar-refractivity contribution in [3.8, 4) is 6.07 Å². The van der Waals surface area contributed by atoms with Gasteiger partial charge in [-0.25, -0.2) is 0 Å². The Labute approximate surface area is 106 Å². The zero-order chi connectivity index (χ0) is 13.0. The Morgan fingerprint density at radius 2 is 2.28 bits per heavy atom. The molecular formula is C13H15N3O2. The molecule has 1 aromatic rings. The predicted octanol–water partition coefficient (Wildman–Crippen LogP) is 2.13. The van der Waals surface area contributed by atoms with Crippen molar-refractivity contribution < 1.29 is 4.92 Å². The Balaban J connectivity index is 2.02. The molecule has 1 aromatic carbocycles. The maximum Gasteiger partial charge on any atom is 0.272 e. The first-order valence-corrected chi connectivity index (χ1v) is 6.08. The van der Waals surface area contributed by atoms with Crippen molar-refractivity contribution >= 4 is 5.69 Å². The number of nitro benzene ring substituents is 1. The molecule has 5 heteroatoms. The first-order chi connectivity index (χ1) is 8.72. The van der Waals surface area contributed by atoms with Gasteiger partial charge < -0.3 is 0 Å². The highest BCUT2D eigenvalue weighted by Crippen LogP contribution is 2.21. The fourth-order valence-electron chi connectivity index (χ4n) is 2.40. The van der Waals surface area contributed by atoms with Crippen LogP contribution >= 0.6 is 0 Å². The quantitative estimate of drug-likeness (QED) is 0.601. The first-order valence-electron chi connectivity index (χ1n) is 6.08. The standard InChI is InChI=1S/C13H15N3O2/c14-10-12-5-3-8-15(12)9-7-11-4-1-2-6-13(11)16(17)18/h1-2,4,6,12H,3,5,7-9H2. The summed E-state index contributed by atoms with van der Waals surface area (Å²) in [5.74, 6) is 0. The summed E-state index contributed by atoms with van der Waals surface area (Å²) in [6.45, 7) is 1.63. The summed E-state index contributed by atoms with van der Waals surface area (Å²) in [4.78, 5) is 12.6. The molecule has 1 atom stereocenters. The van der Waals surface area contributed by atoms with Gasteiger partial charge in [-0.05, 0) is 25.8 Å². The number of nitro groups is 1. The lowest BCUT2D eigenvalue weighted by Gasteiger charge is -2.18. The summed E-state index contributed by atoms with van der Waals surface area (Å²) in [5.41, 5.74) is 0.913. The molecule has 1 fully saturated rings. The minimum Gasteiger partial charge on any atom is -0.288 e. The van der Waals surface area contributed by atoms with Crippen LogP contribution in [0.5, 0.6) is 0 Å². The van der Waals surface area contributed by atoms with Gasteiger partial charge in [-0.15, -0.1) is 0 Å². The van der Waals surface area contributed by atoms with Crippen LogP contribution in [0, 0.1) is 21.4 Å². The van der Waals surface area contributed by atoms with Crippen molar-refractivity contribution in [2.75, 3.05) is 13.1 Å². The molecule has 0 spiro atoms. The van der Waals surface area contributed by atoms with E-state index in [-0.39, 0.29) is 16.7 Å². The van der Waals surface area contributed by atoms with Crippen LogP contribution in [0.15, 0.2) is 24.3 Å². The molecule has 1 saturated heterocycles. The average molecular weight is 245 g/mol. The van der Waals surface area contributed by atoms with E-state index in [0.29, 0.717) is 13.0 Å². The van der Waals surface area contributed by atoms with Crippen molar-refractivity contribution in [1.82, 2.24) is 4.90 Å². The summed E-state index contributed by atoms with van der Waals surface area (Å²) < 4.78 is 0. The molecule has 1 aliphatic heterocycles. The van der Waals surface area contributed by atoms with Gasteiger partial charge >= 0.3 is 0 Å². The van der Waals surface area contributed by atoms with Crippen LogP contribution in [0.25, 0.3) is 0 Å². The molecule has 0 aliphatic carbocycles. The third-order valence-corrected chi connectivity index (χ3v) is 3.37. The van der Waals surface area contributed by atoms with Crippen LogP contribution in [0.3, 0.4) is 0 Å². The number of rotatable bonds is 4. The largest absolute Gasteiger partial charge is 0.288 e. The highest BCUT2D eigenvalue weighted by Gasteiger charge is 2.24. The zero-order valence-electron chi connectivity index (χ0n) is 10.1. The molecule has 94 valence electrons. The van der Waals surface area contributed by atoms with E-state index in [0.717, 1.165) is 24.9 Å². The summed E-state index contributed by atoms with van der Waals surface area (Å²) in [6, 6.07) is 9.06. The van der Waals surface area contributed by atoms with Crippen LogP contribution in [0.4, 0.5) is 5.69 Å². The Bertz CT molecular complexity index is 481. The second-order valence-corrected chi connectivity index (χ2v) is 4.46. The van der Waals surface area contributed by atoms with Gasteiger partial charge in [-0.1, -0.05) is 18.2 Å². The molecule has 18 heavy (non-hydrogen) atoms. The summed E-state index contributed by atoms with van der Waals surface area (Å²) in [5, 5.41) is 19.9. The monoisotopic (exact) mass is 245 g/mol. The average Bonchev–Trinajstić information content (AvgIpc) is 2.84. The van der Waals surface area contributed by atoms with Gasteiger partial charge in [0.15, 0.2) is 0 Å². The van der Waals surface area contributed by atoms with Crippen molar-refractivity contribution in [3.05, 3.63) is 39.9 Å². The third-order valence-electron chi connectivity index (χ3n) is 3.37. The summed E-state index contributed by atoms with van der Waals surface area (Å²) in [7, 11) is 0. The maximum atomic E-state index is 10.9. The fraction of sp³-hybridized carbons (Fsp3) is 0.462. The van der Waals surface area contributed by atoms with Crippen molar-refractivity contribution in [1.29, 1.82) is 5.26 Å². The predicted molar refractivity (Wildman–Crippen MR) is 67.0 cm³/mol. The van der Waals surface area contributed by atoms with Gasteiger partial charge in [0.05, 0.1) is 17.0 Å². The third kappa shape index (κ3) is 2.66. The molecular weight excluding hydrogens is 230 g/mol. The molecule has 0 saturated carbocycles. The van der Waals surface area contributed by atoms with E-state index < -0.39 is 0 Å². The van der Waals surface area contributed by atoms with Crippen LogP contribution in [-0.4, -0.2) is 29.0 Å². The molecule has 0 N–H and O–H groups in total. The molecule has 1 unspecified atom stereocenters. The lowest BCUT2D eigenvalue weighted by molar-refractivity contribution is -0.385. The lowest BCUT2D eigenvalue weighted by Crippen LogP contribution is -2.30. The zero-order valence-corrected chi connectivity index (χ0v) is 10.1. The minimum absolute atomic E-state index is 0.0206. The molecule has 0 aromatic heterocycles. The summed E-state index contributed by atoms with van der Waals surface area (Å²) >= 11 is 0. The topological polar surface area (TPSA) is 70.2 Å². The molecule has 1 aliphatic rings. The van der Waals surface area contributed by atoms with Crippen LogP contribution < -0.4 is 0 Å². The number of nitrogens with zero attached hydrogens (tertiary/aromatic N) is 3. The first kappa shape index (κ1) is 12.5. The highest BCUT2D eigenvalue weighted by molar-refractivity contribution is 5.39. The van der Waals surface area contributed by atoms with E-state index >= 15 is 0 Å². The van der Waals surface area contributed by atoms with Gasteiger partial charge in [0.1, 0.15) is 0 Å². The normalized spacial score (nSPS) is 19.6. The second-order valence-electron chi connectivity index (χ2n) is 4.46. The van der Waals surface area contributed by atoms with Crippen molar-refractivity contribution in [3.63, 3.8) is 0 Å². The fourth-order valence-corrected chi connectivity index (χ4v) is 2.40. The molecule has 1 heterocycles. The molecule has 0 amide bonds. The molecule has 0 radical (unpaired) electrons. The Kier molecular flexibility index (Phi) is 3.90. The highest BCUT2D eigenvalue weighted by atomic mass is 16.6. The van der Waals surface area contributed by atoms with E-state index in [4.69, 9.17) is 5.26 Å². The van der Waals surface area contributed by atoms with Gasteiger partial charge in [0.25, 0.3) is 5.69 Å². The van der Waals surface area contributed by atoms with E-state index in [1.54, 1.807) is 12.1 Å². The SMILES string of the molecule is N#CC1CCCN1CCc1ccccc1[N+](=O)[O-]. The van der Waals surface area contributed by atoms with E-state index in [9.17, 15) is 10.1 Å². The van der Waals surface area contributed by atoms with Gasteiger partial charge in [-0.3, -0.25) is 15.0 Å². The maximum absolute atomic E-state index is 10.9. The van der Waals surface area contributed by atoms with Crippen molar-refractivity contribution in [2.45, 2.75) is 25.3 Å². The number of nitriles is 1. The number of benzene rings is 1. The Morgan fingerprint density at radius 3 is 3.00 bits per heavy atom. The smallest absolute Gasteiger partial charge is 0.272 e.